The van der Waals surface area contributed by atoms with Gasteiger partial charge in [-0.2, -0.15) is 0 Å². The Morgan fingerprint density at radius 2 is 1.92 bits per heavy atom. The van der Waals surface area contributed by atoms with Crippen molar-refractivity contribution in [3.8, 4) is 38.7 Å². The molecule has 7 heteroatoms. The van der Waals surface area contributed by atoms with E-state index in [9.17, 15) is 4.79 Å². The summed E-state index contributed by atoms with van der Waals surface area (Å²) in [6, 6.07) is 8.60. The minimum Gasteiger partial charge on any atom is -0.496 e. The van der Waals surface area contributed by atoms with Crippen LogP contribution in [0, 0.1) is 0 Å². The molecule has 0 N–H and O–H groups in total. The fraction of sp³-hybridized carbons (Fsp3) is 0.345. The predicted octanol–water partition coefficient (Wildman–Crippen LogP) is 6.09. The van der Waals surface area contributed by atoms with E-state index in [2.05, 4.69) is 69.9 Å². The van der Waals surface area contributed by atoms with Crippen LogP contribution < -0.4 is 4.74 Å². The summed E-state index contributed by atoms with van der Waals surface area (Å²) in [7, 11) is 1.70. The minimum absolute atomic E-state index is 0.144. The molecule has 4 aromatic rings. The number of methoxy groups -OCH3 is 1. The maximum absolute atomic E-state index is 14.1. The highest BCUT2D eigenvalue weighted by atomic mass is 32.1. The number of rotatable bonds is 3. The second-order valence-corrected chi connectivity index (χ2v) is 11.4. The zero-order valence-electron chi connectivity index (χ0n) is 21.2. The second-order valence-electron chi connectivity index (χ2n) is 10.5. The fourth-order valence-corrected chi connectivity index (χ4v) is 6.52. The molecule has 0 fully saturated rings. The highest BCUT2D eigenvalue weighted by molar-refractivity contribution is 7.13. The van der Waals surface area contributed by atoms with Crippen molar-refractivity contribution < 1.29 is 9.53 Å². The van der Waals surface area contributed by atoms with Crippen LogP contribution in [0.25, 0.3) is 33.0 Å². The molecule has 0 aliphatic carbocycles. The van der Waals surface area contributed by atoms with E-state index in [1.54, 1.807) is 37.0 Å². The van der Waals surface area contributed by atoms with Crippen LogP contribution in [-0.4, -0.2) is 44.5 Å². The van der Waals surface area contributed by atoms with Crippen LogP contribution in [0.4, 0.5) is 0 Å². The molecule has 0 bridgehead atoms. The summed E-state index contributed by atoms with van der Waals surface area (Å²) in [4.78, 5) is 26.2. The van der Waals surface area contributed by atoms with Crippen LogP contribution in [0.5, 0.6) is 5.75 Å². The van der Waals surface area contributed by atoms with Crippen LogP contribution >= 0.6 is 11.3 Å². The van der Waals surface area contributed by atoms with Gasteiger partial charge in [0.05, 0.1) is 24.7 Å². The first kappa shape index (κ1) is 23.0. The molecule has 184 valence electrons. The largest absolute Gasteiger partial charge is 0.496 e. The maximum Gasteiger partial charge on any atom is 0.271 e. The first-order chi connectivity index (χ1) is 17.4. The molecule has 1 aromatic carbocycles. The van der Waals surface area contributed by atoms with Crippen LogP contribution in [0.15, 0.2) is 48.2 Å². The number of hydrogen-bond donors (Lipinski definition) is 0. The molecule has 6 nitrogen and oxygen atoms in total. The van der Waals surface area contributed by atoms with Crippen LogP contribution in [-0.2, 0) is 19.4 Å². The normalized spacial score (nSPS) is 15.2. The summed E-state index contributed by atoms with van der Waals surface area (Å²) in [5.74, 6) is 0.939. The number of nitrogens with zero attached hydrogens (tertiary/aromatic N) is 4. The average Bonchev–Trinajstić information content (AvgIpc) is 3.47. The van der Waals surface area contributed by atoms with Gasteiger partial charge in [0.2, 0.25) is 0 Å². The van der Waals surface area contributed by atoms with Crippen LogP contribution in [0.2, 0.25) is 0 Å². The number of thiophene rings is 1. The topological polar surface area (TPSA) is 60.3 Å². The summed E-state index contributed by atoms with van der Waals surface area (Å²) in [5.41, 5.74) is 8.24. The third-order valence-electron chi connectivity index (χ3n) is 7.32. The zero-order chi connectivity index (χ0) is 25.0. The number of aryl methyl sites for hydroxylation is 1. The third kappa shape index (κ3) is 3.56. The van der Waals surface area contributed by atoms with Gasteiger partial charge in [0.15, 0.2) is 0 Å². The van der Waals surface area contributed by atoms with Gasteiger partial charge in [-0.25, -0.2) is 0 Å². The van der Waals surface area contributed by atoms with E-state index in [4.69, 9.17) is 4.74 Å². The van der Waals surface area contributed by atoms with E-state index in [0.29, 0.717) is 0 Å². The Bertz CT molecular complexity index is 1450. The molecule has 0 unspecified atom stereocenters. The molecule has 3 aromatic heterocycles. The first-order valence-corrected chi connectivity index (χ1v) is 13.4. The van der Waals surface area contributed by atoms with E-state index >= 15 is 0 Å². The summed E-state index contributed by atoms with van der Waals surface area (Å²) in [5, 5.41) is 2.12. The molecule has 6 rings (SSSR count). The van der Waals surface area contributed by atoms with E-state index in [1.165, 1.54) is 21.6 Å². The molecule has 0 spiro atoms. The highest BCUT2D eigenvalue weighted by Crippen LogP contribution is 2.48. The number of amides is 1. The molecule has 0 saturated heterocycles. The molecule has 2 aliphatic heterocycles. The lowest BCUT2D eigenvalue weighted by molar-refractivity contribution is 0.0579. The Balaban J connectivity index is 1.65. The third-order valence-corrected chi connectivity index (χ3v) is 8.21. The summed E-state index contributed by atoms with van der Waals surface area (Å²) >= 11 is 1.74. The lowest BCUT2D eigenvalue weighted by Gasteiger charge is -2.35. The number of aromatic nitrogens is 3. The molecular weight excluding hydrogens is 468 g/mol. The molecule has 0 saturated carbocycles. The van der Waals surface area contributed by atoms with Gasteiger partial charge in [-0.1, -0.05) is 6.07 Å². The number of hydrogen-bond acceptors (Lipinski definition) is 5. The average molecular weight is 499 g/mol. The molecule has 5 heterocycles. The minimum atomic E-state index is -0.231. The number of benzene rings is 1. The first-order valence-electron chi connectivity index (χ1n) is 12.5. The number of carbonyl (C=O) groups excluding carboxylic acids is 1. The summed E-state index contributed by atoms with van der Waals surface area (Å²) in [6.45, 7) is 7.94. The Kier molecular flexibility index (Phi) is 5.48. The second kappa shape index (κ2) is 8.59. The summed E-state index contributed by atoms with van der Waals surface area (Å²) < 4.78 is 8.09. The highest BCUT2D eigenvalue weighted by Gasteiger charge is 2.38. The van der Waals surface area contributed by atoms with Crippen molar-refractivity contribution in [3.63, 3.8) is 0 Å². The van der Waals surface area contributed by atoms with E-state index < -0.39 is 0 Å². The van der Waals surface area contributed by atoms with Crippen molar-refractivity contribution in [1.82, 2.24) is 19.4 Å². The van der Waals surface area contributed by atoms with Gasteiger partial charge in [0.1, 0.15) is 11.4 Å². The standard InChI is InChI=1S/C29H30N4O2S/c1-29(2,3)33-12-5-7-19-25(24-8-6-14-36-24)26-20-16-21(22-17-30-10-11-31-22)23(35-4)15-18(20)9-13-32(26)27(19)28(33)34/h6,8,10-11,14-17H,5,7,9,12-13H2,1-4H3. The Hall–Kier alpha value is -3.45. The fourth-order valence-electron chi connectivity index (χ4n) is 5.72. The Labute approximate surface area is 215 Å². The SMILES string of the molecule is COc1cc2c(cc1-c1cnccn1)-c1c(-c3cccs3)c3c(n1CC2)C(=O)N(C(C)(C)C)CCC3. The van der Waals surface area contributed by atoms with Crippen molar-refractivity contribution in [2.24, 2.45) is 0 Å². The van der Waals surface area contributed by atoms with E-state index in [0.717, 1.165) is 66.3 Å². The number of fused-ring (bicyclic) bond motifs is 5. The van der Waals surface area contributed by atoms with E-state index in [-0.39, 0.29) is 11.4 Å². The Morgan fingerprint density at radius 1 is 1.06 bits per heavy atom. The van der Waals surface area contributed by atoms with Crippen molar-refractivity contribution in [2.75, 3.05) is 13.7 Å². The number of carbonyl (C=O) groups is 1. The number of ether oxygens (including phenoxy) is 1. The van der Waals surface area contributed by atoms with Gasteiger partial charge in [-0.15, -0.1) is 11.3 Å². The predicted molar refractivity (Wildman–Crippen MR) is 144 cm³/mol. The maximum atomic E-state index is 14.1. The van der Waals surface area contributed by atoms with Gasteiger partial charge < -0.3 is 14.2 Å². The van der Waals surface area contributed by atoms with Crippen molar-refractivity contribution in [1.29, 1.82) is 0 Å². The van der Waals surface area contributed by atoms with Gasteiger partial charge >= 0.3 is 0 Å². The van der Waals surface area contributed by atoms with Gasteiger partial charge in [-0.05, 0) is 74.7 Å². The molecular formula is C29H30N4O2S. The van der Waals surface area contributed by atoms with Crippen molar-refractivity contribution in [3.05, 3.63) is 65.1 Å². The van der Waals surface area contributed by atoms with Crippen LogP contribution in [0.3, 0.4) is 0 Å². The zero-order valence-corrected chi connectivity index (χ0v) is 22.0. The van der Waals surface area contributed by atoms with Gasteiger partial charge in [-0.3, -0.25) is 14.8 Å². The molecule has 1 amide bonds. The van der Waals surface area contributed by atoms with Crippen molar-refractivity contribution in [2.45, 2.75) is 52.1 Å². The molecule has 2 aliphatic rings. The summed E-state index contributed by atoms with van der Waals surface area (Å²) in [6.07, 6.45) is 7.84. The van der Waals surface area contributed by atoms with Crippen LogP contribution in [0.1, 0.15) is 48.8 Å². The molecule has 36 heavy (non-hydrogen) atoms. The molecule has 0 radical (unpaired) electrons. The Morgan fingerprint density at radius 3 is 2.61 bits per heavy atom. The lowest BCUT2D eigenvalue weighted by Crippen LogP contribution is -2.46. The van der Waals surface area contributed by atoms with Gasteiger partial charge in [0, 0.05) is 52.6 Å². The van der Waals surface area contributed by atoms with E-state index in [1.807, 2.05) is 0 Å². The smallest absolute Gasteiger partial charge is 0.271 e. The monoisotopic (exact) mass is 498 g/mol. The van der Waals surface area contributed by atoms with Gasteiger partial charge in [0.25, 0.3) is 5.91 Å². The van der Waals surface area contributed by atoms with Crippen molar-refractivity contribution >= 4 is 17.2 Å². The quantitative estimate of drug-likeness (QED) is 0.343. The molecule has 0 atom stereocenters. The lowest BCUT2D eigenvalue weighted by atomic mass is 9.91.